The Morgan fingerprint density at radius 2 is 2.13 bits per heavy atom. The topological polar surface area (TPSA) is 52.7 Å². The first kappa shape index (κ1) is 9.64. The fourth-order valence-electron chi connectivity index (χ4n) is 1.53. The van der Waals surface area contributed by atoms with Gasteiger partial charge in [-0.3, -0.25) is 9.48 Å². The lowest BCUT2D eigenvalue weighted by Crippen LogP contribution is -2.18. The molecule has 0 radical (unpaired) electrons. The van der Waals surface area contributed by atoms with E-state index in [1.54, 1.807) is 24.0 Å². The molecule has 0 aliphatic carbocycles. The van der Waals surface area contributed by atoms with Crippen molar-refractivity contribution in [1.29, 1.82) is 0 Å². The van der Waals surface area contributed by atoms with Crippen LogP contribution in [0.15, 0.2) is 18.3 Å². The molecule has 0 spiro atoms. The van der Waals surface area contributed by atoms with E-state index in [1.165, 1.54) is 4.68 Å². The van der Waals surface area contributed by atoms with E-state index in [2.05, 4.69) is 10.2 Å². The van der Waals surface area contributed by atoms with Gasteiger partial charge in [-0.25, -0.2) is 0 Å². The number of nitrogens with zero attached hydrogens (tertiary/aromatic N) is 4. The predicted molar refractivity (Wildman–Crippen MR) is 54.6 cm³/mol. The van der Waals surface area contributed by atoms with Crippen molar-refractivity contribution in [1.82, 2.24) is 19.6 Å². The van der Waals surface area contributed by atoms with Crippen molar-refractivity contribution in [3.63, 3.8) is 0 Å². The van der Waals surface area contributed by atoms with Crippen molar-refractivity contribution < 1.29 is 4.79 Å². The van der Waals surface area contributed by atoms with Crippen LogP contribution < -0.4 is 0 Å². The molecule has 0 aromatic carbocycles. The van der Waals surface area contributed by atoms with Crippen LogP contribution in [0.5, 0.6) is 0 Å². The number of hydrogen-bond donors (Lipinski definition) is 0. The van der Waals surface area contributed by atoms with Gasteiger partial charge in [0.1, 0.15) is 5.69 Å². The highest BCUT2D eigenvalue weighted by Gasteiger charge is 2.15. The summed E-state index contributed by atoms with van der Waals surface area (Å²) >= 11 is 0. The van der Waals surface area contributed by atoms with Crippen LogP contribution in [-0.2, 0) is 7.05 Å². The zero-order valence-corrected chi connectivity index (χ0v) is 8.93. The molecule has 0 amide bonds. The van der Waals surface area contributed by atoms with Crippen LogP contribution in [0.2, 0.25) is 0 Å². The second kappa shape index (κ2) is 3.34. The number of aryl methyl sites for hydroxylation is 3. The predicted octanol–water partition coefficient (Wildman–Crippen LogP) is 0.922. The lowest BCUT2D eigenvalue weighted by molar-refractivity contribution is 0.0933. The third kappa shape index (κ3) is 1.56. The first-order valence-corrected chi connectivity index (χ1v) is 4.65. The van der Waals surface area contributed by atoms with Crippen LogP contribution >= 0.6 is 0 Å². The van der Waals surface area contributed by atoms with E-state index in [-0.39, 0.29) is 5.91 Å². The van der Waals surface area contributed by atoms with E-state index in [4.69, 9.17) is 0 Å². The minimum atomic E-state index is -0.152. The first-order valence-electron chi connectivity index (χ1n) is 4.65. The van der Waals surface area contributed by atoms with Gasteiger partial charge in [0.15, 0.2) is 0 Å². The molecule has 5 nitrogen and oxygen atoms in total. The normalized spacial score (nSPS) is 10.6. The van der Waals surface area contributed by atoms with E-state index >= 15 is 0 Å². The van der Waals surface area contributed by atoms with Gasteiger partial charge in [0.25, 0.3) is 5.91 Å². The molecule has 2 aromatic rings. The van der Waals surface area contributed by atoms with Crippen LogP contribution in [0.25, 0.3) is 0 Å². The van der Waals surface area contributed by atoms with E-state index < -0.39 is 0 Å². The Balaban J connectivity index is 2.45. The summed E-state index contributed by atoms with van der Waals surface area (Å²) in [5.74, 6) is -0.152. The van der Waals surface area contributed by atoms with Crippen molar-refractivity contribution >= 4 is 5.91 Å². The van der Waals surface area contributed by atoms with Crippen LogP contribution in [-0.4, -0.2) is 25.5 Å². The molecule has 2 heterocycles. The molecule has 0 N–H and O–H groups in total. The monoisotopic (exact) mass is 204 g/mol. The Labute approximate surface area is 87.3 Å². The van der Waals surface area contributed by atoms with E-state index in [0.29, 0.717) is 5.69 Å². The van der Waals surface area contributed by atoms with Gasteiger partial charge in [0.05, 0.1) is 5.69 Å². The maximum Gasteiger partial charge on any atom is 0.296 e. The summed E-state index contributed by atoms with van der Waals surface area (Å²) in [5.41, 5.74) is 2.20. The molecule has 15 heavy (non-hydrogen) atoms. The van der Waals surface area contributed by atoms with Crippen molar-refractivity contribution in [2.75, 3.05) is 0 Å². The lowest BCUT2D eigenvalue weighted by Gasteiger charge is -2.02. The maximum atomic E-state index is 12.0. The number of carbonyl (C=O) groups excluding carboxylic acids is 1. The van der Waals surface area contributed by atoms with Crippen molar-refractivity contribution in [3.8, 4) is 0 Å². The van der Waals surface area contributed by atoms with Gasteiger partial charge in [0, 0.05) is 18.9 Å². The van der Waals surface area contributed by atoms with Crippen LogP contribution in [0.4, 0.5) is 0 Å². The summed E-state index contributed by atoms with van der Waals surface area (Å²) in [5, 5.41) is 8.09. The molecular formula is C10H12N4O. The summed E-state index contributed by atoms with van der Waals surface area (Å²) in [7, 11) is 1.74. The molecule has 0 atom stereocenters. The van der Waals surface area contributed by atoms with Gasteiger partial charge >= 0.3 is 0 Å². The average molecular weight is 204 g/mol. The molecule has 0 bridgehead atoms. The van der Waals surface area contributed by atoms with Crippen molar-refractivity contribution in [2.45, 2.75) is 13.8 Å². The molecule has 0 unspecified atom stereocenters. The molecule has 0 aliphatic heterocycles. The Bertz CT molecular complexity index is 509. The summed E-state index contributed by atoms with van der Waals surface area (Å²) in [6.07, 6.45) is 1.60. The summed E-state index contributed by atoms with van der Waals surface area (Å²) in [4.78, 5) is 12.0. The number of rotatable bonds is 1. The molecule has 0 saturated heterocycles. The van der Waals surface area contributed by atoms with Gasteiger partial charge < -0.3 is 0 Å². The zero-order valence-electron chi connectivity index (χ0n) is 8.93. The highest BCUT2D eigenvalue weighted by atomic mass is 16.2. The number of hydrogen-bond acceptors (Lipinski definition) is 3. The van der Waals surface area contributed by atoms with Gasteiger partial charge in [-0.1, -0.05) is 0 Å². The third-order valence-corrected chi connectivity index (χ3v) is 2.24. The largest absolute Gasteiger partial charge is 0.296 e. The van der Waals surface area contributed by atoms with E-state index in [0.717, 1.165) is 11.4 Å². The van der Waals surface area contributed by atoms with Gasteiger partial charge in [0.2, 0.25) is 0 Å². The number of carbonyl (C=O) groups is 1. The van der Waals surface area contributed by atoms with Crippen molar-refractivity contribution in [3.05, 3.63) is 35.4 Å². The fraction of sp³-hybridized carbons (Fsp3) is 0.300. The maximum absolute atomic E-state index is 12.0. The van der Waals surface area contributed by atoms with Crippen LogP contribution in [0.3, 0.4) is 0 Å². The SMILES string of the molecule is Cc1cc(C)n(C(=O)c2ccnn2C)n1. The Hall–Kier alpha value is -1.91. The van der Waals surface area contributed by atoms with Crippen LogP contribution in [0.1, 0.15) is 21.9 Å². The van der Waals surface area contributed by atoms with Crippen LogP contribution in [0, 0.1) is 13.8 Å². The number of aromatic nitrogens is 4. The quantitative estimate of drug-likeness (QED) is 0.694. The molecule has 0 fully saturated rings. The first-order chi connectivity index (χ1) is 7.09. The summed E-state index contributed by atoms with van der Waals surface area (Å²) in [6.45, 7) is 3.72. The minimum Gasteiger partial charge on any atom is -0.265 e. The van der Waals surface area contributed by atoms with Gasteiger partial charge in [-0.05, 0) is 26.0 Å². The molecule has 2 rings (SSSR count). The lowest BCUT2D eigenvalue weighted by atomic mass is 10.3. The Morgan fingerprint density at radius 1 is 1.40 bits per heavy atom. The Kier molecular flexibility index (Phi) is 2.15. The van der Waals surface area contributed by atoms with Gasteiger partial charge in [-0.15, -0.1) is 0 Å². The standard InChI is InChI=1S/C10H12N4O/c1-7-6-8(2)14(12-7)10(15)9-4-5-11-13(9)3/h4-6H,1-3H3. The second-order valence-electron chi connectivity index (χ2n) is 3.48. The van der Waals surface area contributed by atoms with Crippen molar-refractivity contribution in [2.24, 2.45) is 7.05 Å². The van der Waals surface area contributed by atoms with E-state index in [1.807, 2.05) is 19.9 Å². The Morgan fingerprint density at radius 3 is 2.60 bits per heavy atom. The fourth-order valence-corrected chi connectivity index (χ4v) is 1.53. The zero-order chi connectivity index (χ0) is 11.0. The molecule has 0 aliphatic rings. The minimum absolute atomic E-state index is 0.152. The van der Waals surface area contributed by atoms with Gasteiger partial charge in [-0.2, -0.15) is 14.9 Å². The second-order valence-corrected chi connectivity index (χ2v) is 3.48. The third-order valence-electron chi connectivity index (χ3n) is 2.24. The molecule has 0 saturated carbocycles. The average Bonchev–Trinajstić information content (AvgIpc) is 2.71. The summed E-state index contributed by atoms with van der Waals surface area (Å²) in [6, 6.07) is 3.55. The molecule has 5 heteroatoms. The molecule has 2 aromatic heterocycles. The molecule has 78 valence electrons. The van der Waals surface area contributed by atoms with E-state index in [9.17, 15) is 4.79 Å². The molecular weight excluding hydrogens is 192 g/mol. The highest BCUT2D eigenvalue weighted by molar-refractivity contribution is 5.94. The highest BCUT2D eigenvalue weighted by Crippen LogP contribution is 2.06. The smallest absolute Gasteiger partial charge is 0.265 e. The summed E-state index contributed by atoms with van der Waals surface area (Å²) < 4.78 is 2.94.